The Morgan fingerprint density at radius 3 is 2.91 bits per heavy atom. The number of aliphatic hydroxyl groups excluding tert-OH is 1. The first-order valence-corrected chi connectivity index (χ1v) is 8.19. The van der Waals surface area contributed by atoms with Crippen LogP contribution in [-0.2, 0) is 0 Å². The van der Waals surface area contributed by atoms with Gasteiger partial charge in [0, 0.05) is 36.6 Å². The van der Waals surface area contributed by atoms with Gasteiger partial charge in [0.05, 0.1) is 0 Å². The zero-order valence-corrected chi connectivity index (χ0v) is 13.5. The van der Waals surface area contributed by atoms with Crippen LogP contribution < -0.4 is 4.90 Å². The van der Waals surface area contributed by atoms with Gasteiger partial charge in [-0.2, -0.15) is 0 Å². The number of rotatable bonds is 6. The van der Waals surface area contributed by atoms with Crippen molar-refractivity contribution in [3.63, 3.8) is 0 Å². The van der Waals surface area contributed by atoms with Crippen LogP contribution in [0.3, 0.4) is 0 Å². The molecule has 0 amide bonds. The van der Waals surface area contributed by atoms with Gasteiger partial charge in [-0.25, -0.2) is 9.78 Å². The first kappa shape index (κ1) is 16.7. The van der Waals surface area contributed by atoms with E-state index in [0.29, 0.717) is 0 Å². The molecule has 1 aliphatic rings. The van der Waals surface area contributed by atoms with Gasteiger partial charge in [0.25, 0.3) is 0 Å². The fourth-order valence-corrected chi connectivity index (χ4v) is 3.34. The largest absolute Gasteiger partial charge is 0.477 e. The van der Waals surface area contributed by atoms with E-state index in [0.717, 1.165) is 49.9 Å². The van der Waals surface area contributed by atoms with Gasteiger partial charge in [-0.3, -0.25) is 0 Å². The number of anilines is 1. The summed E-state index contributed by atoms with van der Waals surface area (Å²) in [5, 5.41) is 18.8. The van der Waals surface area contributed by atoms with Crippen molar-refractivity contribution in [3.05, 3.63) is 23.5 Å². The van der Waals surface area contributed by atoms with Crippen molar-refractivity contribution in [1.29, 1.82) is 0 Å². The van der Waals surface area contributed by atoms with Gasteiger partial charge in [0.1, 0.15) is 0 Å². The fraction of sp³-hybridized carbons (Fsp3) is 0.647. The van der Waals surface area contributed by atoms with Crippen molar-refractivity contribution in [1.82, 2.24) is 4.98 Å². The molecule has 2 atom stereocenters. The topological polar surface area (TPSA) is 73.7 Å². The molecule has 0 saturated carbocycles. The highest BCUT2D eigenvalue weighted by Crippen LogP contribution is 2.35. The van der Waals surface area contributed by atoms with E-state index >= 15 is 0 Å². The van der Waals surface area contributed by atoms with Gasteiger partial charge in [0.15, 0.2) is 5.69 Å². The highest BCUT2D eigenvalue weighted by Gasteiger charge is 2.28. The van der Waals surface area contributed by atoms with Crippen LogP contribution in [0.1, 0.15) is 67.9 Å². The lowest BCUT2D eigenvalue weighted by atomic mass is 9.91. The molecule has 5 nitrogen and oxygen atoms in total. The molecule has 0 bridgehead atoms. The molecule has 0 spiro atoms. The van der Waals surface area contributed by atoms with Crippen LogP contribution in [0, 0.1) is 0 Å². The number of pyridine rings is 1. The molecule has 2 unspecified atom stereocenters. The second kappa shape index (κ2) is 7.58. The lowest BCUT2D eigenvalue weighted by Crippen LogP contribution is -2.41. The average Bonchev–Trinajstić information content (AvgIpc) is 2.54. The van der Waals surface area contributed by atoms with E-state index in [-0.39, 0.29) is 24.3 Å². The van der Waals surface area contributed by atoms with Crippen LogP contribution in [0.5, 0.6) is 0 Å². The predicted molar refractivity (Wildman–Crippen MR) is 86.6 cm³/mol. The van der Waals surface area contributed by atoms with E-state index in [1.807, 2.05) is 6.07 Å². The second-order valence-corrected chi connectivity index (χ2v) is 6.06. The number of aliphatic hydroxyl groups is 1. The minimum Gasteiger partial charge on any atom is -0.477 e. The van der Waals surface area contributed by atoms with Gasteiger partial charge in [-0.1, -0.05) is 13.8 Å². The minimum absolute atomic E-state index is 0.145. The maximum Gasteiger partial charge on any atom is 0.354 e. The number of nitrogens with zero attached hydrogens (tertiary/aromatic N) is 2. The first-order valence-electron chi connectivity index (χ1n) is 8.19. The smallest absolute Gasteiger partial charge is 0.354 e. The monoisotopic (exact) mass is 306 g/mol. The second-order valence-electron chi connectivity index (χ2n) is 6.06. The molecular weight excluding hydrogens is 280 g/mol. The summed E-state index contributed by atoms with van der Waals surface area (Å²) in [6, 6.07) is 2.22. The third-order valence-electron chi connectivity index (χ3n) is 4.67. The van der Waals surface area contributed by atoms with Gasteiger partial charge in [0.2, 0.25) is 0 Å². The Morgan fingerprint density at radius 2 is 2.27 bits per heavy atom. The van der Waals surface area contributed by atoms with Gasteiger partial charge >= 0.3 is 5.97 Å². The van der Waals surface area contributed by atoms with E-state index < -0.39 is 5.97 Å². The maximum atomic E-state index is 11.6. The van der Waals surface area contributed by atoms with E-state index in [2.05, 4.69) is 23.7 Å². The van der Waals surface area contributed by atoms with E-state index in [1.165, 1.54) is 0 Å². The van der Waals surface area contributed by atoms with Crippen LogP contribution in [0.25, 0.3) is 0 Å². The molecule has 1 aliphatic heterocycles. The standard InChI is InChI=1S/C17H26N2O3/c1-3-12(2)15-14(7-9-18-16(15)17(21)22)19-10-5-4-6-13(19)8-11-20/h7,9,12-13,20H,3-6,8,10-11H2,1-2H3,(H,21,22). The summed E-state index contributed by atoms with van der Waals surface area (Å²) in [5.41, 5.74) is 1.99. The quantitative estimate of drug-likeness (QED) is 0.845. The fourth-order valence-electron chi connectivity index (χ4n) is 3.34. The molecule has 22 heavy (non-hydrogen) atoms. The van der Waals surface area contributed by atoms with Crippen molar-refractivity contribution in [2.45, 2.75) is 57.9 Å². The molecule has 2 rings (SSSR count). The summed E-state index contributed by atoms with van der Waals surface area (Å²) in [7, 11) is 0. The molecular formula is C17H26N2O3. The number of carboxylic acids is 1. The molecule has 0 aliphatic carbocycles. The molecule has 1 saturated heterocycles. The number of carboxylic acid groups (broad SMARTS) is 1. The average molecular weight is 306 g/mol. The number of piperidine rings is 1. The predicted octanol–water partition coefficient (Wildman–Crippen LogP) is 3.03. The van der Waals surface area contributed by atoms with Crippen molar-refractivity contribution in [2.24, 2.45) is 0 Å². The van der Waals surface area contributed by atoms with Crippen LogP contribution in [0.2, 0.25) is 0 Å². The summed E-state index contributed by atoms with van der Waals surface area (Å²) >= 11 is 0. The van der Waals surface area contributed by atoms with Gasteiger partial charge < -0.3 is 15.1 Å². The highest BCUT2D eigenvalue weighted by atomic mass is 16.4. The van der Waals surface area contributed by atoms with Crippen LogP contribution in [0.15, 0.2) is 12.3 Å². The summed E-state index contributed by atoms with van der Waals surface area (Å²) in [6.07, 6.45) is 6.51. The zero-order valence-electron chi connectivity index (χ0n) is 13.5. The number of hydrogen-bond acceptors (Lipinski definition) is 4. The molecule has 5 heteroatoms. The Morgan fingerprint density at radius 1 is 1.50 bits per heavy atom. The summed E-state index contributed by atoms with van der Waals surface area (Å²) in [4.78, 5) is 17.9. The molecule has 2 N–H and O–H groups in total. The SMILES string of the molecule is CCC(C)c1c(N2CCCCC2CCO)ccnc1C(=O)O. The Labute approximate surface area is 132 Å². The molecule has 1 fully saturated rings. The summed E-state index contributed by atoms with van der Waals surface area (Å²) < 4.78 is 0. The van der Waals surface area contributed by atoms with Crippen molar-refractivity contribution in [2.75, 3.05) is 18.1 Å². The van der Waals surface area contributed by atoms with Crippen LogP contribution >= 0.6 is 0 Å². The van der Waals surface area contributed by atoms with Gasteiger partial charge in [-0.15, -0.1) is 0 Å². The molecule has 1 aromatic rings. The third-order valence-corrected chi connectivity index (χ3v) is 4.67. The Balaban J connectivity index is 2.48. The zero-order chi connectivity index (χ0) is 16.1. The number of aromatic nitrogens is 1. The molecule has 1 aromatic heterocycles. The Hall–Kier alpha value is -1.62. The normalized spacial score (nSPS) is 20.0. The molecule has 2 heterocycles. The maximum absolute atomic E-state index is 11.6. The first-order chi connectivity index (χ1) is 10.6. The molecule has 122 valence electrons. The number of aromatic carboxylic acids is 1. The number of hydrogen-bond donors (Lipinski definition) is 2. The highest BCUT2D eigenvalue weighted by molar-refractivity contribution is 5.89. The third kappa shape index (κ3) is 3.40. The van der Waals surface area contributed by atoms with Crippen molar-refractivity contribution in [3.8, 4) is 0 Å². The Kier molecular flexibility index (Phi) is 5.77. The number of carbonyl (C=O) groups is 1. The van der Waals surface area contributed by atoms with E-state index in [4.69, 9.17) is 0 Å². The van der Waals surface area contributed by atoms with Crippen LogP contribution in [-0.4, -0.2) is 40.4 Å². The minimum atomic E-state index is -0.965. The summed E-state index contributed by atoms with van der Waals surface area (Å²) in [5.74, 6) is -0.820. The summed E-state index contributed by atoms with van der Waals surface area (Å²) in [6.45, 7) is 5.19. The Bertz CT molecular complexity index is 517. The molecule has 0 radical (unpaired) electrons. The van der Waals surface area contributed by atoms with Crippen molar-refractivity contribution >= 4 is 11.7 Å². The lowest BCUT2D eigenvalue weighted by molar-refractivity contribution is 0.0688. The van der Waals surface area contributed by atoms with Crippen LogP contribution in [0.4, 0.5) is 5.69 Å². The van der Waals surface area contributed by atoms with E-state index in [1.54, 1.807) is 6.20 Å². The van der Waals surface area contributed by atoms with Crippen molar-refractivity contribution < 1.29 is 15.0 Å². The van der Waals surface area contributed by atoms with Gasteiger partial charge in [-0.05, 0) is 44.1 Å². The lowest BCUT2D eigenvalue weighted by Gasteiger charge is -2.39. The molecule has 0 aromatic carbocycles. The van der Waals surface area contributed by atoms with E-state index in [9.17, 15) is 15.0 Å².